The molecular weight excluding hydrogens is 218 g/mol. The Morgan fingerprint density at radius 2 is 2.29 bits per heavy atom. The second-order valence-electron chi connectivity index (χ2n) is 4.09. The fourth-order valence-corrected chi connectivity index (χ4v) is 2.14. The van der Waals surface area contributed by atoms with Crippen LogP contribution in [0.4, 0.5) is 5.69 Å². The third-order valence-corrected chi connectivity index (χ3v) is 2.93. The molecular formula is C13H17NO3. The molecule has 0 bridgehead atoms. The fraction of sp³-hybridized carbons (Fsp3) is 0.462. The van der Waals surface area contributed by atoms with E-state index >= 15 is 0 Å². The quantitative estimate of drug-likeness (QED) is 0.806. The van der Waals surface area contributed by atoms with Gasteiger partial charge < -0.3 is 14.7 Å². The van der Waals surface area contributed by atoms with E-state index in [1.54, 1.807) is 6.92 Å². The van der Waals surface area contributed by atoms with Crippen LogP contribution in [0.25, 0.3) is 0 Å². The molecule has 4 heteroatoms. The average Bonchev–Trinajstić information content (AvgIpc) is 2.34. The van der Waals surface area contributed by atoms with Gasteiger partial charge in [0.15, 0.2) is 0 Å². The molecule has 0 aliphatic carbocycles. The Hall–Kier alpha value is -1.55. The standard InChI is InChI=1S/C13H17NO3/c1-2-17-13(16)9-14-8-7-12(15)10-5-3-4-6-11(10)14/h3-6,12,15H,2,7-9H2,1H3. The van der Waals surface area contributed by atoms with Gasteiger partial charge in [0.1, 0.15) is 6.54 Å². The maximum Gasteiger partial charge on any atom is 0.325 e. The van der Waals surface area contributed by atoms with Crippen molar-refractivity contribution in [2.24, 2.45) is 0 Å². The van der Waals surface area contributed by atoms with Crippen LogP contribution in [0.1, 0.15) is 25.0 Å². The lowest BCUT2D eigenvalue weighted by molar-refractivity contribution is -0.141. The summed E-state index contributed by atoms with van der Waals surface area (Å²) in [5.74, 6) is -0.223. The highest BCUT2D eigenvalue weighted by Crippen LogP contribution is 2.33. The Morgan fingerprint density at radius 1 is 1.53 bits per heavy atom. The molecule has 1 aromatic carbocycles. The predicted octanol–water partition coefficient (Wildman–Crippen LogP) is 1.49. The van der Waals surface area contributed by atoms with Gasteiger partial charge in [0, 0.05) is 17.8 Å². The lowest BCUT2D eigenvalue weighted by atomic mass is 9.99. The van der Waals surface area contributed by atoms with Crippen molar-refractivity contribution < 1.29 is 14.6 Å². The largest absolute Gasteiger partial charge is 0.465 e. The molecule has 0 fully saturated rings. The summed E-state index contributed by atoms with van der Waals surface area (Å²) in [4.78, 5) is 13.4. The summed E-state index contributed by atoms with van der Waals surface area (Å²) in [5.41, 5.74) is 1.82. The fourth-order valence-electron chi connectivity index (χ4n) is 2.14. The Labute approximate surface area is 101 Å². The molecule has 92 valence electrons. The summed E-state index contributed by atoms with van der Waals surface area (Å²) in [5, 5.41) is 9.87. The minimum Gasteiger partial charge on any atom is -0.465 e. The Kier molecular flexibility index (Phi) is 3.64. The minimum atomic E-state index is -0.426. The third kappa shape index (κ3) is 2.58. The van der Waals surface area contributed by atoms with Crippen molar-refractivity contribution in [3.8, 4) is 0 Å². The van der Waals surface area contributed by atoms with E-state index in [0.29, 0.717) is 19.6 Å². The number of para-hydroxylation sites is 1. The summed E-state index contributed by atoms with van der Waals surface area (Å²) >= 11 is 0. The Balaban J connectivity index is 2.16. The van der Waals surface area contributed by atoms with E-state index in [-0.39, 0.29) is 12.5 Å². The van der Waals surface area contributed by atoms with Gasteiger partial charge >= 0.3 is 5.97 Å². The number of nitrogens with zero attached hydrogens (tertiary/aromatic N) is 1. The predicted molar refractivity (Wildman–Crippen MR) is 64.9 cm³/mol. The van der Waals surface area contributed by atoms with E-state index in [9.17, 15) is 9.90 Å². The van der Waals surface area contributed by atoms with Crippen LogP contribution in [-0.4, -0.2) is 30.8 Å². The molecule has 1 atom stereocenters. The van der Waals surface area contributed by atoms with E-state index in [2.05, 4.69) is 0 Å². The topological polar surface area (TPSA) is 49.8 Å². The van der Waals surface area contributed by atoms with Crippen LogP contribution in [-0.2, 0) is 9.53 Å². The molecule has 0 radical (unpaired) electrons. The normalized spacial score (nSPS) is 18.7. The zero-order chi connectivity index (χ0) is 12.3. The number of carbonyl (C=O) groups excluding carboxylic acids is 1. The first-order chi connectivity index (χ1) is 8.22. The van der Waals surface area contributed by atoms with Gasteiger partial charge in [-0.1, -0.05) is 18.2 Å². The number of aliphatic hydroxyl groups excluding tert-OH is 1. The monoisotopic (exact) mass is 235 g/mol. The highest BCUT2D eigenvalue weighted by atomic mass is 16.5. The number of fused-ring (bicyclic) bond motifs is 1. The highest BCUT2D eigenvalue weighted by molar-refractivity contribution is 5.76. The smallest absolute Gasteiger partial charge is 0.325 e. The number of hydrogen-bond donors (Lipinski definition) is 1. The van der Waals surface area contributed by atoms with Gasteiger partial charge in [0.05, 0.1) is 12.7 Å². The van der Waals surface area contributed by atoms with Gasteiger partial charge in [-0.3, -0.25) is 4.79 Å². The van der Waals surface area contributed by atoms with E-state index < -0.39 is 6.10 Å². The van der Waals surface area contributed by atoms with E-state index in [4.69, 9.17) is 4.74 Å². The van der Waals surface area contributed by atoms with Crippen molar-refractivity contribution in [1.82, 2.24) is 0 Å². The second-order valence-corrected chi connectivity index (χ2v) is 4.09. The maximum atomic E-state index is 11.5. The van der Waals surface area contributed by atoms with Gasteiger partial charge in [-0.15, -0.1) is 0 Å². The lowest BCUT2D eigenvalue weighted by Crippen LogP contribution is -2.36. The molecule has 1 unspecified atom stereocenters. The van der Waals surface area contributed by atoms with E-state index in [1.807, 2.05) is 29.2 Å². The molecule has 1 aromatic rings. The number of ether oxygens (including phenoxy) is 1. The minimum absolute atomic E-state index is 0.223. The molecule has 1 aliphatic heterocycles. The van der Waals surface area contributed by atoms with Gasteiger partial charge in [-0.05, 0) is 19.4 Å². The van der Waals surface area contributed by atoms with Crippen LogP contribution in [0, 0.1) is 0 Å². The Bertz CT molecular complexity index is 405. The first kappa shape index (κ1) is 11.9. The number of aliphatic hydroxyl groups is 1. The molecule has 0 saturated carbocycles. The number of rotatable bonds is 3. The SMILES string of the molecule is CCOC(=O)CN1CCC(O)c2ccccc21. The second kappa shape index (κ2) is 5.19. The zero-order valence-corrected chi connectivity index (χ0v) is 9.93. The number of anilines is 1. The highest BCUT2D eigenvalue weighted by Gasteiger charge is 2.24. The summed E-state index contributed by atoms with van der Waals surface area (Å²) in [7, 11) is 0. The maximum absolute atomic E-state index is 11.5. The van der Waals surface area contributed by atoms with E-state index in [1.165, 1.54) is 0 Å². The molecule has 1 heterocycles. The molecule has 17 heavy (non-hydrogen) atoms. The van der Waals surface area contributed by atoms with Crippen molar-refractivity contribution in [3.63, 3.8) is 0 Å². The average molecular weight is 235 g/mol. The Morgan fingerprint density at radius 3 is 3.06 bits per heavy atom. The van der Waals surface area contributed by atoms with Gasteiger partial charge in [-0.2, -0.15) is 0 Å². The number of esters is 1. The number of carbonyl (C=O) groups is 1. The summed E-state index contributed by atoms with van der Waals surface area (Å²) in [6, 6.07) is 7.64. The molecule has 1 aliphatic rings. The van der Waals surface area contributed by atoms with Crippen LogP contribution in [0.5, 0.6) is 0 Å². The van der Waals surface area contributed by atoms with E-state index in [0.717, 1.165) is 11.3 Å². The lowest BCUT2D eigenvalue weighted by Gasteiger charge is -2.32. The molecule has 0 saturated heterocycles. The molecule has 4 nitrogen and oxygen atoms in total. The molecule has 2 rings (SSSR count). The van der Waals surface area contributed by atoms with Crippen molar-refractivity contribution in [3.05, 3.63) is 29.8 Å². The van der Waals surface area contributed by atoms with Crippen molar-refractivity contribution in [2.75, 3.05) is 24.6 Å². The van der Waals surface area contributed by atoms with Crippen molar-refractivity contribution in [2.45, 2.75) is 19.4 Å². The summed E-state index contributed by atoms with van der Waals surface area (Å²) in [6.07, 6.45) is 0.223. The number of hydrogen-bond acceptors (Lipinski definition) is 4. The van der Waals surface area contributed by atoms with Crippen LogP contribution in [0.2, 0.25) is 0 Å². The molecule has 1 N–H and O–H groups in total. The summed E-state index contributed by atoms with van der Waals surface area (Å²) in [6.45, 7) is 3.12. The summed E-state index contributed by atoms with van der Waals surface area (Å²) < 4.78 is 4.94. The van der Waals surface area contributed by atoms with Crippen molar-refractivity contribution >= 4 is 11.7 Å². The molecule has 0 spiro atoms. The first-order valence-corrected chi connectivity index (χ1v) is 5.90. The first-order valence-electron chi connectivity index (χ1n) is 5.90. The number of benzene rings is 1. The third-order valence-electron chi connectivity index (χ3n) is 2.93. The molecule has 0 amide bonds. The van der Waals surface area contributed by atoms with Gasteiger partial charge in [0.25, 0.3) is 0 Å². The van der Waals surface area contributed by atoms with Gasteiger partial charge in [-0.25, -0.2) is 0 Å². The van der Waals surface area contributed by atoms with Gasteiger partial charge in [0.2, 0.25) is 0 Å². The van der Waals surface area contributed by atoms with Crippen LogP contribution in [0.3, 0.4) is 0 Å². The molecule has 0 aromatic heterocycles. The zero-order valence-electron chi connectivity index (χ0n) is 9.93. The van der Waals surface area contributed by atoms with Crippen LogP contribution in [0.15, 0.2) is 24.3 Å². The van der Waals surface area contributed by atoms with Crippen LogP contribution < -0.4 is 4.90 Å². The van der Waals surface area contributed by atoms with Crippen LogP contribution >= 0.6 is 0 Å². The van der Waals surface area contributed by atoms with Crippen molar-refractivity contribution in [1.29, 1.82) is 0 Å².